The molecule has 2 unspecified atom stereocenters. The molecule has 2 rings (SSSR count). The molecule has 0 radical (unpaired) electrons. The second kappa shape index (κ2) is 3.53. The number of rotatable bonds is 3. The molecule has 0 aromatic heterocycles. The summed E-state index contributed by atoms with van der Waals surface area (Å²) < 4.78 is 0. The fourth-order valence-electron chi connectivity index (χ4n) is 2.23. The molecule has 15 heavy (non-hydrogen) atoms. The van der Waals surface area contributed by atoms with Gasteiger partial charge in [0.1, 0.15) is 5.70 Å². The van der Waals surface area contributed by atoms with E-state index in [1.165, 1.54) is 4.90 Å². The fraction of sp³-hybridized carbons (Fsp3) is 0.556. The molecule has 6 heteroatoms. The minimum absolute atomic E-state index is 0.00234. The van der Waals surface area contributed by atoms with Crippen LogP contribution in [-0.2, 0) is 9.59 Å². The summed E-state index contributed by atoms with van der Waals surface area (Å²) in [6, 6.07) is -0.108. The molecule has 0 spiro atoms. The molecule has 2 N–H and O–H groups in total. The number of carbonyl (C=O) groups excluding carboxylic acids is 1. The highest BCUT2D eigenvalue weighted by Gasteiger charge is 2.53. The van der Waals surface area contributed by atoms with Crippen molar-refractivity contribution in [1.82, 2.24) is 4.90 Å². The minimum atomic E-state index is -1.11. The Kier molecular flexibility index (Phi) is 2.47. The molecule has 2 heterocycles. The van der Waals surface area contributed by atoms with Crippen LogP contribution >= 0.6 is 12.6 Å². The van der Waals surface area contributed by atoms with Gasteiger partial charge >= 0.3 is 5.97 Å². The highest BCUT2D eigenvalue weighted by molar-refractivity contribution is 7.84. The second-order valence-corrected chi connectivity index (χ2v) is 4.24. The molecule has 5 nitrogen and oxygen atoms in total. The number of aliphatic hydroxyl groups excluding tert-OH is 1. The topological polar surface area (TPSA) is 77.8 Å². The number of amides is 1. The second-order valence-electron chi connectivity index (χ2n) is 3.70. The Bertz CT molecular complexity index is 365. The van der Waals surface area contributed by atoms with E-state index in [1.807, 2.05) is 0 Å². The lowest BCUT2D eigenvalue weighted by Gasteiger charge is -2.43. The summed E-state index contributed by atoms with van der Waals surface area (Å²) in [4.78, 5) is 24.2. The van der Waals surface area contributed by atoms with Gasteiger partial charge < -0.3 is 15.1 Å². The normalized spacial score (nSPS) is 29.2. The van der Waals surface area contributed by atoms with Crippen molar-refractivity contribution in [2.75, 3.05) is 6.61 Å². The maximum Gasteiger partial charge on any atom is 0.353 e. The SMILES string of the molecule is O=C(O)C1=C(S)CC2C(CCO)C(=O)N12. The van der Waals surface area contributed by atoms with Crippen LogP contribution in [0.25, 0.3) is 0 Å². The van der Waals surface area contributed by atoms with Gasteiger partial charge in [-0.2, -0.15) is 0 Å². The number of aliphatic carboxylic acids is 1. The standard InChI is InChI=1S/C9H11NO4S/c11-2-1-4-5-3-6(15)7(9(13)14)10(5)8(4)12/h4-5,11,15H,1-3H2,(H,13,14). The molecule has 1 amide bonds. The lowest BCUT2D eigenvalue weighted by molar-refractivity contribution is -0.155. The van der Waals surface area contributed by atoms with E-state index in [0.717, 1.165) is 0 Å². The highest BCUT2D eigenvalue weighted by atomic mass is 32.1. The zero-order valence-corrected chi connectivity index (χ0v) is 8.78. The van der Waals surface area contributed by atoms with Crippen molar-refractivity contribution in [2.45, 2.75) is 18.9 Å². The van der Waals surface area contributed by atoms with E-state index in [2.05, 4.69) is 12.6 Å². The van der Waals surface area contributed by atoms with Gasteiger partial charge in [-0.25, -0.2) is 4.79 Å². The Morgan fingerprint density at radius 1 is 1.60 bits per heavy atom. The molecule has 0 bridgehead atoms. The molecule has 0 aliphatic carbocycles. The predicted molar refractivity (Wildman–Crippen MR) is 54.1 cm³/mol. The van der Waals surface area contributed by atoms with Crippen LogP contribution in [0.5, 0.6) is 0 Å². The van der Waals surface area contributed by atoms with Gasteiger partial charge in [0.2, 0.25) is 5.91 Å². The van der Waals surface area contributed by atoms with Crippen molar-refractivity contribution >= 4 is 24.5 Å². The average Bonchev–Trinajstić information content (AvgIpc) is 2.49. The quantitative estimate of drug-likeness (QED) is 0.463. The Hall–Kier alpha value is -1.01. The first-order chi connectivity index (χ1) is 7.07. The first kappa shape index (κ1) is 10.5. The summed E-state index contributed by atoms with van der Waals surface area (Å²) in [6.45, 7) is -0.0505. The predicted octanol–water partition coefficient (Wildman–Crippen LogP) is -0.174. The van der Waals surface area contributed by atoms with Crippen LogP contribution in [0.4, 0.5) is 0 Å². The molecular formula is C9H11NO4S. The number of carboxylic acid groups (broad SMARTS) is 1. The summed E-state index contributed by atoms with van der Waals surface area (Å²) in [5.41, 5.74) is 0.00234. The Morgan fingerprint density at radius 3 is 2.80 bits per heavy atom. The van der Waals surface area contributed by atoms with Crippen LogP contribution in [0, 0.1) is 5.92 Å². The number of carbonyl (C=O) groups is 2. The Balaban J connectivity index is 2.19. The van der Waals surface area contributed by atoms with Crippen molar-refractivity contribution in [1.29, 1.82) is 0 Å². The van der Waals surface area contributed by atoms with Gasteiger partial charge in [-0.1, -0.05) is 0 Å². The molecule has 2 atom stereocenters. The van der Waals surface area contributed by atoms with E-state index >= 15 is 0 Å². The maximum atomic E-state index is 11.6. The van der Waals surface area contributed by atoms with Gasteiger partial charge in [-0.15, -0.1) is 12.6 Å². The monoisotopic (exact) mass is 229 g/mol. The number of β-lactam (4-membered cyclic amide) rings is 1. The van der Waals surface area contributed by atoms with E-state index < -0.39 is 5.97 Å². The third-order valence-corrected chi connectivity index (χ3v) is 3.30. The van der Waals surface area contributed by atoms with Gasteiger partial charge in [0.25, 0.3) is 0 Å². The lowest BCUT2D eigenvalue weighted by Crippen LogP contribution is -2.58. The Morgan fingerprint density at radius 2 is 2.27 bits per heavy atom. The molecule has 0 aromatic carbocycles. The van der Waals surface area contributed by atoms with Crippen molar-refractivity contribution < 1.29 is 19.8 Å². The highest BCUT2D eigenvalue weighted by Crippen LogP contribution is 2.44. The Labute approximate surface area is 91.8 Å². The molecule has 0 saturated carbocycles. The zero-order valence-electron chi connectivity index (χ0n) is 7.88. The summed E-state index contributed by atoms with van der Waals surface area (Å²) in [7, 11) is 0. The number of hydrogen-bond acceptors (Lipinski definition) is 4. The zero-order chi connectivity index (χ0) is 11.2. The molecular weight excluding hydrogens is 218 g/mol. The molecule has 2 aliphatic rings. The van der Waals surface area contributed by atoms with Crippen molar-refractivity contribution in [3.63, 3.8) is 0 Å². The number of thiol groups is 1. The lowest BCUT2D eigenvalue weighted by atomic mass is 9.85. The average molecular weight is 229 g/mol. The van der Waals surface area contributed by atoms with Crippen LogP contribution < -0.4 is 0 Å². The number of hydrogen-bond donors (Lipinski definition) is 3. The number of nitrogens with zero attached hydrogens (tertiary/aromatic N) is 1. The van der Waals surface area contributed by atoms with Gasteiger partial charge in [0, 0.05) is 17.9 Å². The smallest absolute Gasteiger partial charge is 0.353 e. The summed E-state index contributed by atoms with van der Waals surface area (Å²) in [5.74, 6) is -1.57. The summed E-state index contributed by atoms with van der Waals surface area (Å²) in [5, 5.41) is 17.7. The fourth-order valence-corrected chi connectivity index (χ4v) is 2.62. The van der Waals surface area contributed by atoms with Crippen LogP contribution in [0.2, 0.25) is 0 Å². The van der Waals surface area contributed by atoms with Crippen molar-refractivity contribution in [2.24, 2.45) is 5.92 Å². The number of fused-ring (bicyclic) bond motifs is 1. The van der Waals surface area contributed by atoms with Crippen LogP contribution in [0.15, 0.2) is 10.6 Å². The minimum Gasteiger partial charge on any atom is -0.477 e. The third kappa shape index (κ3) is 1.36. The van der Waals surface area contributed by atoms with Gasteiger partial charge in [-0.05, 0) is 6.42 Å². The maximum absolute atomic E-state index is 11.6. The van der Waals surface area contributed by atoms with E-state index in [0.29, 0.717) is 17.7 Å². The van der Waals surface area contributed by atoms with E-state index in [-0.39, 0.29) is 30.2 Å². The van der Waals surface area contributed by atoms with Gasteiger partial charge in [0.05, 0.1) is 12.0 Å². The van der Waals surface area contributed by atoms with E-state index in [9.17, 15) is 9.59 Å². The van der Waals surface area contributed by atoms with Crippen LogP contribution in [-0.4, -0.2) is 39.6 Å². The number of carboxylic acids is 1. The van der Waals surface area contributed by atoms with Crippen LogP contribution in [0.1, 0.15) is 12.8 Å². The van der Waals surface area contributed by atoms with E-state index in [1.54, 1.807) is 0 Å². The molecule has 1 fully saturated rings. The molecule has 1 saturated heterocycles. The van der Waals surface area contributed by atoms with Gasteiger partial charge in [-0.3, -0.25) is 4.79 Å². The van der Waals surface area contributed by atoms with E-state index in [4.69, 9.17) is 10.2 Å². The first-order valence-electron chi connectivity index (χ1n) is 4.67. The first-order valence-corrected chi connectivity index (χ1v) is 5.12. The van der Waals surface area contributed by atoms with Crippen LogP contribution in [0.3, 0.4) is 0 Å². The molecule has 0 aromatic rings. The summed E-state index contributed by atoms with van der Waals surface area (Å²) in [6.07, 6.45) is 0.884. The van der Waals surface area contributed by atoms with Crippen molar-refractivity contribution in [3.8, 4) is 0 Å². The van der Waals surface area contributed by atoms with Gasteiger partial charge in [0.15, 0.2) is 0 Å². The largest absolute Gasteiger partial charge is 0.477 e. The number of aliphatic hydroxyl groups is 1. The van der Waals surface area contributed by atoms with Crippen molar-refractivity contribution in [3.05, 3.63) is 10.6 Å². The molecule has 82 valence electrons. The molecule has 2 aliphatic heterocycles. The third-order valence-electron chi connectivity index (χ3n) is 2.91. The summed E-state index contributed by atoms with van der Waals surface area (Å²) >= 11 is 4.08.